The number of hydrogen-bond acceptors (Lipinski definition) is 1. The Hall–Kier alpha value is -0.530. The van der Waals surface area contributed by atoms with Gasteiger partial charge in [0.25, 0.3) is 0 Å². The van der Waals surface area contributed by atoms with Gasteiger partial charge in [-0.1, -0.05) is 31.0 Å². The van der Waals surface area contributed by atoms with Gasteiger partial charge in [-0.05, 0) is 41.2 Å². The summed E-state index contributed by atoms with van der Waals surface area (Å²) in [6.07, 6.45) is 5.32. The molecule has 0 radical (unpaired) electrons. The zero-order valence-corrected chi connectivity index (χ0v) is 10.7. The first-order chi connectivity index (χ1) is 7.86. The zero-order chi connectivity index (χ0) is 11.0. The lowest BCUT2D eigenvalue weighted by atomic mass is 9.97. The van der Waals surface area contributed by atoms with Crippen LogP contribution >= 0.6 is 22.9 Å². The molecule has 1 aromatic carbocycles. The van der Waals surface area contributed by atoms with E-state index in [1.165, 1.54) is 41.3 Å². The molecule has 2 aromatic rings. The van der Waals surface area contributed by atoms with Gasteiger partial charge in [0.05, 0.1) is 5.38 Å². The van der Waals surface area contributed by atoms with Crippen molar-refractivity contribution in [2.24, 2.45) is 5.92 Å². The van der Waals surface area contributed by atoms with E-state index >= 15 is 0 Å². The van der Waals surface area contributed by atoms with Crippen molar-refractivity contribution < 1.29 is 0 Å². The second-order valence-corrected chi connectivity index (χ2v) is 6.01. The molecule has 2 heteroatoms. The number of thiophene rings is 1. The van der Waals surface area contributed by atoms with Crippen LogP contribution in [0.25, 0.3) is 10.1 Å². The fourth-order valence-electron chi connectivity index (χ4n) is 2.72. The second-order valence-electron chi connectivity index (χ2n) is 4.63. The van der Waals surface area contributed by atoms with Crippen molar-refractivity contribution in [3.05, 3.63) is 35.2 Å². The van der Waals surface area contributed by atoms with Crippen molar-refractivity contribution >= 4 is 33.0 Å². The highest BCUT2D eigenvalue weighted by Gasteiger charge is 2.26. The van der Waals surface area contributed by atoms with Gasteiger partial charge in [0.2, 0.25) is 0 Å². The Morgan fingerprint density at radius 3 is 2.75 bits per heavy atom. The summed E-state index contributed by atoms with van der Waals surface area (Å²) in [5, 5.41) is 3.83. The Balaban J connectivity index is 1.98. The molecule has 84 valence electrons. The Morgan fingerprint density at radius 2 is 1.94 bits per heavy atom. The van der Waals surface area contributed by atoms with Gasteiger partial charge in [0.15, 0.2) is 0 Å². The number of rotatable bonds is 2. The van der Waals surface area contributed by atoms with Gasteiger partial charge in [-0.25, -0.2) is 0 Å². The fraction of sp³-hybridized carbons (Fsp3) is 0.429. The molecular formula is C14H15ClS. The predicted molar refractivity (Wildman–Crippen MR) is 72.4 cm³/mol. The minimum atomic E-state index is 0.221. The third-order valence-corrected chi connectivity index (χ3v) is 5.19. The first kappa shape index (κ1) is 10.6. The minimum absolute atomic E-state index is 0.221. The van der Waals surface area contributed by atoms with Crippen molar-refractivity contribution in [3.63, 3.8) is 0 Å². The highest BCUT2D eigenvalue weighted by Crippen LogP contribution is 2.43. The van der Waals surface area contributed by atoms with Gasteiger partial charge >= 0.3 is 0 Å². The van der Waals surface area contributed by atoms with Crippen LogP contribution in [-0.2, 0) is 0 Å². The summed E-state index contributed by atoms with van der Waals surface area (Å²) in [5.41, 5.74) is 1.36. The molecule has 1 heterocycles. The Labute approximate surface area is 105 Å². The first-order valence-corrected chi connectivity index (χ1v) is 7.28. The summed E-state index contributed by atoms with van der Waals surface area (Å²) in [5.74, 6) is 0.694. The summed E-state index contributed by atoms with van der Waals surface area (Å²) in [6, 6.07) is 8.59. The van der Waals surface area contributed by atoms with Gasteiger partial charge in [0.1, 0.15) is 0 Å². The average Bonchev–Trinajstić information content (AvgIpc) is 2.98. The average molecular weight is 251 g/mol. The molecule has 16 heavy (non-hydrogen) atoms. The van der Waals surface area contributed by atoms with Crippen molar-refractivity contribution in [2.45, 2.75) is 31.1 Å². The van der Waals surface area contributed by atoms with Crippen molar-refractivity contribution in [2.75, 3.05) is 0 Å². The number of alkyl halides is 1. The molecule has 1 aromatic heterocycles. The van der Waals surface area contributed by atoms with Crippen LogP contribution in [0.1, 0.15) is 36.6 Å². The van der Waals surface area contributed by atoms with Gasteiger partial charge in [-0.15, -0.1) is 22.9 Å². The van der Waals surface area contributed by atoms with Crippen molar-refractivity contribution in [1.29, 1.82) is 0 Å². The SMILES string of the molecule is ClC(c1csc2ccccc12)C1CCCC1. The highest BCUT2D eigenvalue weighted by molar-refractivity contribution is 7.17. The van der Waals surface area contributed by atoms with Gasteiger partial charge < -0.3 is 0 Å². The smallest absolute Gasteiger partial charge is 0.0627 e. The molecule has 3 rings (SSSR count). The van der Waals surface area contributed by atoms with E-state index in [-0.39, 0.29) is 5.38 Å². The maximum Gasteiger partial charge on any atom is 0.0627 e. The van der Waals surface area contributed by atoms with Gasteiger partial charge in [-0.3, -0.25) is 0 Å². The molecular weight excluding hydrogens is 236 g/mol. The molecule has 1 atom stereocenters. The van der Waals surface area contributed by atoms with E-state index in [1.807, 2.05) is 11.3 Å². The van der Waals surface area contributed by atoms with Crippen LogP contribution in [0.4, 0.5) is 0 Å². The quantitative estimate of drug-likeness (QED) is 0.629. The molecule has 0 aliphatic heterocycles. The molecule has 1 saturated carbocycles. The summed E-state index contributed by atoms with van der Waals surface area (Å²) in [4.78, 5) is 0. The molecule has 1 aliphatic rings. The lowest BCUT2D eigenvalue weighted by molar-refractivity contribution is 0.531. The number of halogens is 1. The van der Waals surface area contributed by atoms with E-state index in [0.717, 1.165) is 0 Å². The van der Waals surface area contributed by atoms with Crippen LogP contribution in [0.5, 0.6) is 0 Å². The molecule has 1 aliphatic carbocycles. The Morgan fingerprint density at radius 1 is 1.19 bits per heavy atom. The Bertz CT molecular complexity index is 482. The standard InChI is InChI=1S/C14H15ClS/c15-14(10-5-1-2-6-10)12-9-16-13-8-4-3-7-11(12)13/h3-4,7-10,14H,1-2,5-6H2. The maximum absolute atomic E-state index is 6.64. The molecule has 0 amide bonds. The van der Waals surface area contributed by atoms with E-state index in [4.69, 9.17) is 11.6 Å². The number of benzene rings is 1. The third-order valence-electron chi connectivity index (χ3n) is 3.62. The van der Waals surface area contributed by atoms with E-state index in [9.17, 15) is 0 Å². The fourth-order valence-corrected chi connectivity index (χ4v) is 4.22. The largest absolute Gasteiger partial charge is 0.143 e. The summed E-state index contributed by atoms with van der Waals surface area (Å²) in [7, 11) is 0. The van der Waals surface area contributed by atoms with Crippen LogP contribution < -0.4 is 0 Å². The topological polar surface area (TPSA) is 0 Å². The normalized spacial score (nSPS) is 19.3. The number of fused-ring (bicyclic) bond motifs is 1. The maximum atomic E-state index is 6.64. The summed E-state index contributed by atoms with van der Waals surface area (Å²) < 4.78 is 1.36. The lowest BCUT2D eigenvalue weighted by Crippen LogP contribution is -2.02. The third kappa shape index (κ3) is 1.76. The van der Waals surface area contributed by atoms with E-state index < -0.39 is 0 Å². The van der Waals surface area contributed by atoms with Crippen molar-refractivity contribution in [3.8, 4) is 0 Å². The van der Waals surface area contributed by atoms with E-state index in [2.05, 4.69) is 29.6 Å². The Kier molecular flexibility index (Phi) is 2.91. The van der Waals surface area contributed by atoms with Gasteiger partial charge in [-0.2, -0.15) is 0 Å². The second kappa shape index (κ2) is 4.38. The minimum Gasteiger partial charge on any atom is -0.143 e. The van der Waals surface area contributed by atoms with Crippen LogP contribution in [0.15, 0.2) is 29.6 Å². The molecule has 1 fully saturated rings. The van der Waals surface area contributed by atoms with Crippen LogP contribution in [0.2, 0.25) is 0 Å². The van der Waals surface area contributed by atoms with Crippen LogP contribution in [0.3, 0.4) is 0 Å². The van der Waals surface area contributed by atoms with Gasteiger partial charge in [0, 0.05) is 4.70 Å². The number of hydrogen-bond donors (Lipinski definition) is 0. The van der Waals surface area contributed by atoms with E-state index in [0.29, 0.717) is 5.92 Å². The molecule has 1 unspecified atom stereocenters. The summed E-state index contributed by atoms with van der Waals surface area (Å²) in [6.45, 7) is 0. The molecule has 0 bridgehead atoms. The molecule has 0 N–H and O–H groups in total. The zero-order valence-electron chi connectivity index (χ0n) is 9.16. The monoisotopic (exact) mass is 250 g/mol. The molecule has 0 nitrogen and oxygen atoms in total. The van der Waals surface area contributed by atoms with Crippen LogP contribution in [-0.4, -0.2) is 0 Å². The first-order valence-electron chi connectivity index (χ1n) is 5.96. The molecule has 0 spiro atoms. The molecule has 0 saturated heterocycles. The van der Waals surface area contributed by atoms with Crippen molar-refractivity contribution in [1.82, 2.24) is 0 Å². The van der Waals surface area contributed by atoms with Crippen LogP contribution in [0, 0.1) is 5.92 Å². The predicted octanol–water partition coefficient (Wildman–Crippen LogP) is 5.37. The summed E-state index contributed by atoms with van der Waals surface area (Å²) >= 11 is 8.46. The van der Waals surface area contributed by atoms with E-state index in [1.54, 1.807) is 0 Å². The highest BCUT2D eigenvalue weighted by atomic mass is 35.5. The lowest BCUT2D eigenvalue weighted by Gasteiger charge is -2.16.